The number of anilines is 1. The molecule has 2 saturated heterocycles. The maximum atomic E-state index is 9.76. The number of piperazine rings is 1. The Balaban J connectivity index is 1.29. The Bertz CT molecular complexity index is 1190. The molecule has 6 rings (SSSR count). The number of rotatable bonds is 4. The maximum absolute atomic E-state index is 9.76. The van der Waals surface area contributed by atoms with Crippen molar-refractivity contribution in [3.63, 3.8) is 0 Å². The summed E-state index contributed by atoms with van der Waals surface area (Å²) in [6, 6.07) is 11.9. The van der Waals surface area contributed by atoms with Gasteiger partial charge in [-0.25, -0.2) is 14.6 Å². The molecule has 0 spiro atoms. The molecule has 0 unspecified atom stereocenters. The summed E-state index contributed by atoms with van der Waals surface area (Å²) in [5.74, 6) is 1.68. The lowest BCUT2D eigenvalue weighted by Gasteiger charge is -2.46. The third kappa shape index (κ3) is 3.07. The highest BCUT2D eigenvalue weighted by molar-refractivity contribution is 5.81. The fourth-order valence-corrected chi connectivity index (χ4v) is 5.26. The van der Waals surface area contributed by atoms with Crippen LogP contribution in [0.4, 0.5) is 5.82 Å². The fourth-order valence-electron chi connectivity index (χ4n) is 5.26. The Kier molecular flexibility index (Phi) is 4.63. The zero-order valence-corrected chi connectivity index (χ0v) is 18.3. The van der Waals surface area contributed by atoms with Gasteiger partial charge in [0, 0.05) is 37.1 Å². The van der Waals surface area contributed by atoms with Crippen molar-refractivity contribution >= 4 is 16.7 Å². The molecule has 3 fully saturated rings. The van der Waals surface area contributed by atoms with Crippen molar-refractivity contribution in [2.24, 2.45) is 0 Å². The summed E-state index contributed by atoms with van der Waals surface area (Å²) in [7, 11) is 0. The van der Waals surface area contributed by atoms with E-state index >= 15 is 0 Å². The lowest BCUT2D eigenvalue weighted by molar-refractivity contribution is -0.0793. The van der Waals surface area contributed by atoms with Crippen molar-refractivity contribution in [3.05, 3.63) is 42.4 Å². The fraction of sp³-hybridized carbons (Fsp3) is 0.500. The molecule has 32 heavy (non-hydrogen) atoms. The maximum Gasteiger partial charge on any atom is 0.159 e. The van der Waals surface area contributed by atoms with Gasteiger partial charge in [-0.2, -0.15) is 10.4 Å². The molecule has 0 amide bonds. The molecule has 8 heteroatoms. The van der Waals surface area contributed by atoms with E-state index < -0.39 is 0 Å². The Morgan fingerprint density at radius 2 is 1.97 bits per heavy atom. The molecule has 3 aromatic rings. The Morgan fingerprint density at radius 1 is 1.12 bits per heavy atom. The molecule has 2 aliphatic heterocycles. The molecular weight excluding hydrogens is 402 g/mol. The van der Waals surface area contributed by atoms with Crippen LogP contribution in [0, 0.1) is 11.3 Å². The Labute approximate surface area is 187 Å². The molecule has 2 aromatic heterocycles. The third-order valence-corrected chi connectivity index (χ3v) is 7.49. The molecule has 8 nitrogen and oxygen atoms in total. The summed E-state index contributed by atoms with van der Waals surface area (Å²) in [5.41, 5.74) is 1.72. The molecular formula is C24H27N7O. The van der Waals surface area contributed by atoms with Crippen molar-refractivity contribution in [1.29, 1.82) is 5.26 Å². The first-order valence-corrected chi connectivity index (χ1v) is 11.5. The van der Waals surface area contributed by atoms with E-state index in [1.807, 2.05) is 16.9 Å². The first kappa shape index (κ1) is 19.6. The summed E-state index contributed by atoms with van der Waals surface area (Å²) in [6.07, 6.45) is 6.46. The van der Waals surface area contributed by atoms with Gasteiger partial charge >= 0.3 is 0 Å². The number of fused-ring (bicyclic) bond motifs is 1. The van der Waals surface area contributed by atoms with Gasteiger partial charge in [-0.15, -0.1) is 0 Å². The molecule has 1 aliphatic carbocycles. The molecule has 0 bridgehead atoms. The zero-order valence-electron chi connectivity index (χ0n) is 18.3. The van der Waals surface area contributed by atoms with E-state index in [1.165, 1.54) is 0 Å². The lowest BCUT2D eigenvalue weighted by atomic mass is 9.65. The molecule has 4 heterocycles. The van der Waals surface area contributed by atoms with E-state index in [0.717, 1.165) is 80.2 Å². The van der Waals surface area contributed by atoms with Gasteiger partial charge in [0.1, 0.15) is 12.1 Å². The molecule has 164 valence electrons. The van der Waals surface area contributed by atoms with Crippen molar-refractivity contribution in [2.45, 2.75) is 43.7 Å². The van der Waals surface area contributed by atoms with Gasteiger partial charge in [-0.3, -0.25) is 4.90 Å². The van der Waals surface area contributed by atoms with Gasteiger partial charge in [0.2, 0.25) is 0 Å². The monoisotopic (exact) mass is 429 g/mol. The van der Waals surface area contributed by atoms with Crippen LogP contribution < -0.4 is 4.90 Å². The standard InChI is InChI=1S/C24H27N7O/c1-17-12-29(7-8-30(17)20-13-32-14-20)22-10-23(27-16-26-22)31-21-9-19(4-3-18(21)11-28-31)24(15-25)5-2-6-24/h3-4,9-11,16-17,20H,2,5-8,12-14H2,1H3/t17-/m1/s1. The van der Waals surface area contributed by atoms with Gasteiger partial charge in [-0.1, -0.05) is 12.1 Å². The highest BCUT2D eigenvalue weighted by Crippen LogP contribution is 2.43. The summed E-state index contributed by atoms with van der Waals surface area (Å²) in [6.45, 7) is 6.86. The predicted octanol–water partition coefficient (Wildman–Crippen LogP) is 2.67. The normalized spacial score (nSPS) is 23.5. The number of hydrogen-bond acceptors (Lipinski definition) is 7. The van der Waals surface area contributed by atoms with E-state index in [9.17, 15) is 5.26 Å². The smallest absolute Gasteiger partial charge is 0.159 e. The largest absolute Gasteiger partial charge is 0.378 e. The van der Waals surface area contributed by atoms with Crippen molar-refractivity contribution in [2.75, 3.05) is 37.7 Å². The molecule has 3 aliphatic rings. The van der Waals surface area contributed by atoms with Gasteiger partial charge in [0.15, 0.2) is 5.82 Å². The number of ether oxygens (including phenoxy) is 1. The van der Waals surface area contributed by atoms with Gasteiger partial charge in [-0.05, 0) is 37.8 Å². The molecule has 0 radical (unpaired) electrons. The quantitative estimate of drug-likeness (QED) is 0.630. The first-order valence-electron chi connectivity index (χ1n) is 11.5. The summed E-state index contributed by atoms with van der Waals surface area (Å²) >= 11 is 0. The number of hydrogen-bond donors (Lipinski definition) is 0. The van der Waals surface area contributed by atoms with Crippen LogP contribution >= 0.6 is 0 Å². The number of aromatic nitrogens is 4. The van der Waals surface area contributed by atoms with Crippen LogP contribution in [0.15, 0.2) is 36.8 Å². The highest BCUT2D eigenvalue weighted by Gasteiger charge is 2.39. The van der Waals surface area contributed by atoms with E-state index in [-0.39, 0.29) is 5.41 Å². The van der Waals surface area contributed by atoms with E-state index in [0.29, 0.717) is 12.1 Å². The van der Waals surface area contributed by atoms with Gasteiger partial charge in [0.05, 0.1) is 42.5 Å². The lowest BCUT2D eigenvalue weighted by Crippen LogP contribution is -2.60. The first-order chi connectivity index (χ1) is 15.7. The van der Waals surface area contributed by atoms with Gasteiger partial charge < -0.3 is 9.64 Å². The Hall–Kier alpha value is -3.02. The second kappa shape index (κ2) is 7.54. The summed E-state index contributed by atoms with van der Waals surface area (Å²) in [5, 5.41) is 15.4. The van der Waals surface area contributed by atoms with Crippen LogP contribution in [0.5, 0.6) is 0 Å². The highest BCUT2D eigenvalue weighted by atomic mass is 16.5. The number of nitriles is 1. The topological polar surface area (TPSA) is 83.1 Å². The number of benzene rings is 1. The van der Waals surface area contributed by atoms with E-state index in [4.69, 9.17) is 4.74 Å². The minimum atomic E-state index is -0.346. The van der Waals surface area contributed by atoms with Crippen molar-refractivity contribution in [1.82, 2.24) is 24.6 Å². The van der Waals surface area contributed by atoms with Crippen LogP contribution in [0.2, 0.25) is 0 Å². The van der Waals surface area contributed by atoms with E-state index in [1.54, 1.807) is 6.33 Å². The summed E-state index contributed by atoms with van der Waals surface area (Å²) in [4.78, 5) is 14.0. The Morgan fingerprint density at radius 3 is 2.66 bits per heavy atom. The third-order valence-electron chi connectivity index (χ3n) is 7.49. The van der Waals surface area contributed by atoms with Gasteiger partial charge in [0.25, 0.3) is 0 Å². The van der Waals surface area contributed by atoms with E-state index in [2.05, 4.69) is 56.1 Å². The average molecular weight is 430 g/mol. The second-order valence-corrected chi connectivity index (χ2v) is 9.34. The summed E-state index contributed by atoms with van der Waals surface area (Å²) < 4.78 is 7.26. The van der Waals surface area contributed by atoms with Crippen LogP contribution in [0.1, 0.15) is 31.7 Å². The molecule has 1 saturated carbocycles. The SMILES string of the molecule is C[C@@H]1CN(c2cc(-n3ncc4ccc(C5(C#N)CCC5)cc43)ncn2)CCN1C1COC1. The molecule has 0 N–H and O–H groups in total. The second-order valence-electron chi connectivity index (χ2n) is 9.34. The van der Waals surface area contributed by atoms with Crippen molar-refractivity contribution in [3.8, 4) is 11.9 Å². The van der Waals surface area contributed by atoms with Crippen LogP contribution in [-0.4, -0.2) is 69.6 Å². The molecule has 1 aromatic carbocycles. The zero-order chi connectivity index (χ0) is 21.7. The predicted molar refractivity (Wildman–Crippen MR) is 121 cm³/mol. The van der Waals surface area contributed by atoms with Crippen LogP contribution in [0.25, 0.3) is 16.7 Å². The molecule has 1 atom stereocenters. The van der Waals surface area contributed by atoms with Crippen molar-refractivity contribution < 1.29 is 4.74 Å². The van der Waals surface area contributed by atoms with Crippen LogP contribution in [0.3, 0.4) is 0 Å². The minimum absolute atomic E-state index is 0.346. The number of nitrogens with zero attached hydrogens (tertiary/aromatic N) is 7. The minimum Gasteiger partial charge on any atom is -0.378 e. The average Bonchev–Trinajstić information content (AvgIpc) is 3.17. The van der Waals surface area contributed by atoms with Crippen LogP contribution in [-0.2, 0) is 10.2 Å².